The third kappa shape index (κ3) is 8.56. The SMILES string of the molecule is CCOC(=O)[C@@]12C[C@H]1/C=C\CCCCC[C@H](CC(=O)OC(C)(C)C)C(=O)N1C[C@@H]3CNC[C@@H]3[C@H]1C(=O)N2.Cn1c(CBr)nc2ccccc21. The number of halogens is 1. The van der Waals surface area contributed by atoms with Crippen LogP contribution < -0.4 is 10.6 Å². The number of alkyl halides is 1. The zero-order chi connectivity index (χ0) is 35.3. The molecule has 49 heavy (non-hydrogen) atoms. The van der Waals surface area contributed by atoms with E-state index in [0.29, 0.717) is 25.9 Å². The van der Waals surface area contributed by atoms with E-state index in [9.17, 15) is 19.2 Å². The number of benzene rings is 1. The molecule has 2 saturated heterocycles. The zero-order valence-electron chi connectivity index (χ0n) is 29.5. The van der Waals surface area contributed by atoms with Crippen LogP contribution in [0.3, 0.4) is 0 Å². The van der Waals surface area contributed by atoms with Crippen molar-refractivity contribution in [1.82, 2.24) is 25.1 Å². The minimum atomic E-state index is -1.07. The zero-order valence-corrected chi connectivity index (χ0v) is 31.1. The van der Waals surface area contributed by atoms with E-state index in [1.165, 1.54) is 5.52 Å². The number of rotatable bonds is 5. The van der Waals surface area contributed by atoms with Crippen molar-refractivity contribution in [1.29, 1.82) is 0 Å². The quantitative estimate of drug-likeness (QED) is 0.254. The van der Waals surface area contributed by atoms with E-state index in [1.54, 1.807) is 11.8 Å². The molecule has 2 N–H and O–H groups in total. The van der Waals surface area contributed by atoms with E-state index in [1.807, 2.05) is 52.1 Å². The molecular weight excluding hydrogens is 690 g/mol. The number of carbonyl (C=O) groups excluding carboxylic acids is 4. The molecule has 268 valence electrons. The number of imidazole rings is 1. The van der Waals surface area contributed by atoms with Gasteiger partial charge in [-0.1, -0.05) is 53.1 Å². The minimum Gasteiger partial charge on any atom is -0.464 e. The van der Waals surface area contributed by atoms with Crippen LogP contribution in [0.2, 0.25) is 0 Å². The van der Waals surface area contributed by atoms with Crippen molar-refractivity contribution in [3.63, 3.8) is 0 Å². The maximum absolute atomic E-state index is 14.0. The fourth-order valence-corrected chi connectivity index (χ4v) is 8.02. The standard InChI is InChI=1S/C28H43N3O6.C9H9BrN2/c1-5-36-26(35)28-14-20(28)12-10-8-6-7-9-11-18(13-22(32)37-27(2,3)4)25(34)31-17-19-15-29-16-21(19)23(31)24(33)30-28;1-12-8-5-3-2-4-7(8)11-9(12)6-10/h10,12,18-21,23,29H,5-9,11,13-17H2,1-4H3,(H,30,33);2-5H,6H2,1H3/b12-10-;/t18-,19+,20-,21+,23+,28-;/m1./s1. The Hall–Kier alpha value is -3.25. The molecule has 2 aromatic rings. The molecule has 12 heteroatoms. The van der Waals surface area contributed by atoms with Gasteiger partial charge in [0.25, 0.3) is 0 Å². The number of nitrogens with zero attached hydrogens (tertiary/aromatic N) is 3. The first-order valence-electron chi connectivity index (χ1n) is 17.7. The Morgan fingerprint density at radius 3 is 2.61 bits per heavy atom. The van der Waals surface area contributed by atoms with Gasteiger partial charge in [0.15, 0.2) is 0 Å². The first-order valence-corrected chi connectivity index (χ1v) is 18.9. The Morgan fingerprint density at radius 2 is 1.90 bits per heavy atom. The number of hydrogen-bond acceptors (Lipinski definition) is 8. The second-order valence-corrected chi connectivity index (χ2v) is 15.3. The Balaban J connectivity index is 0.000000325. The molecule has 0 radical (unpaired) electrons. The topological polar surface area (TPSA) is 132 Å². The smallest absolute Gasteiger partial charge is 0.332 e. The fraction of sp³-hybridized carbons (Fsp3) is 0.649. The number of carbonyl (C=O) groups is 4. The van der Waals surface area contributed by atoms with Crippen molar-refractivity contribution >= 4 is 50.7 Å². The molecule has 4 heterocycles. The maximum Gasteiger partial charge on any atom is 0.332 e. The molecular formula is C37H52BrN5O6. The van der Waals surface area contributed by atoms with E-state index in [2.05, 4.69) is 48.3 Å². The second-order valence-electron chi connectivity index (χ2n) is 14.8. The second kappa shape index (κ2) is 15.7. The third-order valence-electron chi connectivity index (χ3n) is 10.1. The van der Waals surface area contributed by atoms with Gasteiger partial charge in [-0.3, -0.25) is 14.4 Å². The molecule has 11 nitrogen and oxygen atoms in total. The van der Waals surface area contributed by atoms with Crippen LogP contribution in [-0.2, 0) is 41.0 Å². The van der Waals surface area contributed by atoms with Gasteiger partial charge in [0, 0.05) is 44.4 Å². The van der Waals surface area contributed by atoms with Crippen LogP contribution >= 0.6 is 15.9 Å². The van der Waals surface area contributed by atoms with Gasteiger partial charge in [0.05, 0.1) is 29.4 Å². The van der Waals surface area contributed by atoms with Gasteiger partial charge < -0.3 is 29.6 Å². The molecule has 3 fully saturated rings. The first-order chi connectivity index (χ1) is 23.4. The molecule has 1 aromatic heterocycles. The molecule has 1 aromatic carbocycles. The summed E-state index contributed by atoms with van der Waals surface area (Å²) in [6.07, 6.45) is 8.77. The Labute approximate surface area is 298 Å². The van der Waals surface area contributed by atoms with Gasteiger partial charge in [0.1, 0.15) is 23.0 Å². The average Bonchev–Trinajstić information content (AvgIpc) is 3.31. The summed E-state index contributed by atoms with van der Waals surface area (Å²) >= 11 is 3.40. The van der Waals surface area contributed by atoms with Gasteiger partial charge in [-0.2, -0.15) is 0 Å². The molecule has 1 saturated carbocycles. The van der Waals surface area contributed by atoms with Crippen molar-refractivity contribution in [2.75, 3.05) is 26.2 Å². The number of esters is 2. The highest BCUT2D eigenvalue weighted by atomic mass is 79.9. The minimum absolute atomic E-state index is 0.00324. The summed E-state index contributed by atoms with van der Waals surface area (Å²) in [5.74, 6) is -0.726. The van der Waals surface area contributed by atoms with Crippen LogP contribution in [0.5, 0.6) is 0 Å². The van der Waals surface area contributed by atoms with E-state index in [4.69, 9.17) is 9.47 Å². The van der Waals surface area contributed by atoms with E-state index in [0.717, 1.165) is 48.9 Å². The lowest BCUT2D eigenvalue weighted by molar-refractivity contribution is -0.159. The number of aromatic nitrogens is 2. The monoisotopic (exact) mass is 741 g/mol. The lowest BCUT2D eigenvalue weighted by Crippen LogP contribution is -2.56. The maximum atomic E-state index is 14.0. The third-order valence-corrected chi connectivity index (χ3v) is 10.6. The normalized spacial score (nSPS) is 29.3. The number of ether oxygens (including phenoxy) is 2. The molecule has 0 spiro atoms. The summed E-state index contributed by atoms with van der Waals surface area (Å²) in [4.78, 5) is 59.6. The Kier molecular flexibility index (Phi) is 11.9. The first kappa shape index (κ1) is 37.0. The molecule has 1 aliphatic carbocycles. The molecule has 0 unspecified atom stereocenters. The molecule has 3 aliphatic heterocycles. The molecule has 4 aliphatic rings. The number of nitrogens with one attached hydrogen (secondary N) is 2. The summed E-state index contributed by atoms with van der Waals surface area (Å²) in [6, 6.07) is 7.46. The highest BCUT2D eigenvalue weighted by molar-refractivity contribution is 9.08. The summed E-state index contributed by atoms with van der Waals surface area (Å²) in [6.45, 7) is 9.29. The van der Waals surface area contributed by atoms with Crippen LogP contribution in [0, 0.1) is 23.7 Å². The molecule has 6 atom stereocenters. The average molecular weight is 743 g/mol. The number of hydrogen-bond donors (Lipinski definition) is 2. The van der Waals surface area contributed by atoms with Crippen molar-refractivity contribution in [2.24, 2.45) is 30.7 Å². The summed E-state index contributed by atoms with van der Waals surface area (Å²) in [5, 5.41) is 7.19. The number of aryl methyl sites for hydroxylation is 1. The van der Waals surface area contributed by atoms with Gasteiger partial charge in [-0.25, -0.2) is 9.78 Å². The molecule has 0 bridgehead atoms. The predicted octanol–water partition coefficient (Wildman–Crippen LogP) is 4.81. The number of allylic oxidation sites excluding steroid dienone is 1. The van der Waals surface area contributed by atoms with Gasteiger partial charge in [-0.15, -0.1) is 0 Å². The Morgan fingerprint density at radius 1 is 1.12 bits per heavy atom. The van der Waals surface area contributed by atoms with Crippen LogP contribution in [0.25, 0.3) is 11.0 Å². The van der Waals surface area contributed by atoms with E-state index >= 15 is 0 Å². The predicted molar refractivity (Wildman–Crippen MR) is 190 cm³/mol. The highest BCUT2D eigenvalue weighted by Crippen LogP contribution is 2.47. The van der Waals surface area contributed by atoms with Crippen LogP contribution in [-0.4, -0.2) is 81.6 Å². The van der Waals surface area contributed by atoms with Crippen molar-refractivity contribution in [2.45, 2.75) is 95.2 Å². The van der Waals surface area contributed by atoms with Crippen molar-refractivity contribution < 1.29 is 28.7 Å². The lowest BCUT2D eigenvalue weighted by Gasteiger charge is -2.32. The summed E-state index contributed by atoms with van der Waals surface area (Å²) < 4.78 is 13.0. The van der Waals surface area contributed by atoms with Crippen molar-refractivity contribution in [3.05, 3.63) is 42.2 Å². The number of fused-ring (bicyclic) bond motifs is 5. The highest BCUT2D eigenvalue weighted by Gasteiger charge is 2.63. The van der Waals surface area contributed by atoms with Crippen LogP contribution in [0.15, 0.2) is 36.4 Å². The van der Waals surface area contributed by atoms with E-state index in [-0.39, 0.29) is 42.6 Å². The van der Waals surface area contributed by atoms with Crippen LogP contribution in [0.1, 0.15) is 78.5 Å². The van der Waals surface area contributed by atoms with E-state index < -0.39 is 35.0 Å². The van der Waals surface area contributed by atoms with Gasteiger partial charge >= 0.3 is 11.9 Å². The summed E-state index contributed by atoms with van der Waals surface area (Å²) in [7, 11) is 2.03. The van der Waals surface area contributed by atoms with Crippen LogP contribution in [0.4, 0.5) is 0 Å². The largest absolute Gasteiger partial charge is 0.464 e. The lowest BCUT2D eigenvalue weighted by atomic mass is 9.92. The molecule has 6 rings (SSSR count). The summed E-state index contributed by atoms with van der Waals surface area (Å²) in [5.41, 5.74) is 0.549. The molecule has 2 amide bonds. The Bertz CT molecular complexity index is 1550. The number of para-hydroxylation sites is 2. The van der Waals surface area contributed by atoms with Gasteiger partial charge in [0.2, 0.25) is 11.8 Å². The number of amides is 2. The van der Waals surface area contributed by atoms with Crippen molar-refractivity contribution in [3.8, 4) is 0 Å². The fourth-order valence-electron chi connectivity index (χ4n) is 7.52. The van der Waals surface area contributed by atoms with Gasteiger partial charge in [-0.05, 0) is 71.4 Å².